The summed E-state index contributed by atoms with van der Waals surface area (Å²) in [5.41, 5.74) is 0.950. The van der Waals surface area contributed by atoms with Crippen molar-refractivity contribution in [1.29, 1.82) is 0 Å². The molecule has 5 rings (SSSR count). The number of carbonyl (C=O) groups is 3. The summed E-state index contributed by atoms with van der Waals surface area (Å²) in [4.78, 5) is 39.1. The summed E-state index contributed by atoms with van der Waals surface area (Å²) in [7, 11) is -4.73. The van der Waals surface area contributed by atoms with Crippen LogP contribution in [0.2, 0.25) is 0 Å². The van der Waals surface area contributed by atoms with E-state index >= 15 is 0 Å². The van der Waals surface area contributed by atoms with Crippen LogP contribution < -0.4 is 4.74 Å². The highest BCUT2D eigenvalue weighted by atomic mass is 127. The maximum Gasteiger partial charge on any atom is 0.340 e. The molecule has 0 radical (unpaired) electrons. The fourth-order valence-electron chi connectivity index (χ4n) is 5.98. The van der Waals surface area contributed by atoms with Crippen molar-refractivity contribution in [2.24, 2.45) is 23.7 Å². The van der Waals surface area contributed by atoms with Crippen LogP contribution in [0.15, 0.2) is 35.2 Å². The first kappa shape index (κ1) is 27.8. The first-order valence-electron chi connectivity index (χ1n) is 12.0. The van der Waals surface area contributed by atoms with Gasteiger partial charge in [-0.15, -0.1) is 0 Å². The molecule has 3 fully saturated rings. The molecule has 38 heavy (non-hydrogen) atoms. The van der Waals surface area contributed by atoms with E-state index in [9.17, 15) is 27.4 Å². The molecule has 2 aromatic rings. The standard InChI is InChI=1S/C26H24I2O9S/c1-10(2)12-9-17(11(3)7-18(12)38(32,33)34)35-24(29)19-13-8-14-20(19)25(30)36-22(14)23(13)37-26(31)21-15(27)5-4-6-16(21)28/h4-7,9-10,13-14,19-20,22-23H,8H2,1-3H3,(H,32,33,34)/p-1. The second kappa shape index (κ2) is 10.0. The van der Waals surface area contributed by atoms with Crippen LogP contribution >= 0.6 is 45.2 Å². The third kappa shape index (κ3) is 4.64. The molecule has 0 aromatic heterocycles. The Labute approximate surface area is 247 Å². The van der Waals surface area contributed by atoms with Gasteiger partial charge in [-0.05, 0) is 99.8 Å². The van der Waals surface area contributed by atoms with Gasteiger partial charge in [-0.1, -0.05) is 19.9 Å². The number of esters is 3. The molecule has 2 saturated carbocycles. The van der Waals surface area contributed by atoms with Gasteiger partial charge in [-0.3, -0.25) is 9.59 Å². The van der Waals surface area contributed by atoms with Crippen LogP contribution in [0.25, 0.3) is 0 Å². The minimum absolute atomic E-state index is 0.110. The zero-order valence-electron chi connectivity index (χ0n) is 20.5. The summed E-state index contributed by atoms with van der Waals surface area (Å²) in [5.74, 6) is -4.28. The summed E-state index contributed by atoms with van der Waals surface area (Å²) in [5, 5.41) is 0. The predicted molar refractivity (Wildman–Crippen MR) is 148 cm³/mol. The predicted octanol–water partition coefficient (Wildman–Crippen LogP) is 4.17. The number of halogens is 2. The zero-order valence-corrected chi connectivity index (χ0v) is 25.6. The average molecular weight is 765 g/mol. The Bertz CT molecular complexity index is 1450. The maximum absolute atomic E-state index is 13.5. The second-order valence-corrected chi connectivity index (χ2v) is 13.8. The molecule has 0 amide bonds. The van der Waals surface area contributed by atoms with Crippen molar-refractivity contribution in [1.82, 2.24) is 0 Å². The molecule has 2 aliphatic carbocycles. The number of hydrogen-bond acceptors (Lipinski definition) is 9. The Morgan fingerprint density at radius 1 is 1.13 bits per heavy atom. The summed E-state index contributed by atoms with van der Waals surface area (Å²) >= 11 is 4.12. The van der Waals surface area contributed by atoms with Crippen molar-refractivity contribution in [2.75, 3.05) is 0 Å². The quantitative estimate of drug-likeness (QED) is 0.184. The highest BCUT2D eigenvalue weighted by Gasteiger charge is 2.70. The fourth-order valence-corrected chi connectivity index (χ4v) is 8.83. The molecule has 1 aliphatic heterocycles. The van der Waals surface area contributed by atoms with E-state index < -0.39 is 58.0 Å². The van der Waals surface area contributed by atoms with Crippen molar-refractivity contribution in [2.45, 2.75) is 50.2 Å². The molecule has 9 nitrogen and oxygen atoms in total. The Kier molecular flexibility index (Phi) is 7.31. The van der Waals surface area contributed by atoms with E-state index in [4.69, 9.17) is 14.2 Å². The van der Waals surface area contributed by atoms with Gasteiger partial charge in [0, 0.05) is 19.0 Å². The van der Waals surface area contributed by atoms with Crippen molar-refractivity contribution >= 4 is 73.2 Å². The highest BCUT2D eigenvalue weighted by Crippen LogP contribution is 2.59. The van der Waals surface area contributed by atoms with Crippen molar-refractivity contribution in [3.8, 4) is 5.75 Å². The zero-order chi connectivity index (χ0) is 27.7. The van der Waals surface area contributed by atoms with Gasteiger partial charge >= 0.3 is 17.9 Å². The molecule has 202 valence electrons. The Morgan fingerprint density at radius 2 is 1.79 bits per heavy atom. The molecule has 0 spiro atoms. The Morgan fingerprint density at radius 3 is 2.39 bits per heavy atom. The number of hydrogen-bond donors (Lipinski definition) is 0. The smallest absolute Gasteiger partial charge is 0.340 e. The van der Waals surface area contributed by atoms with Crippen LogP contribution in [-0.2, 0) is 29.2 Å². The normalized spacial score (nSPS) is 27.5. The number of carbonyl (C=O) groups excluding carboxylic acids is 3. The number of rotatable bonds is 6. The van der Waals surface area contributed by atoms with Crippen LogP contribution in [-0.4, -0.2) is 43.1 Å². The molecule has 0 N–H and O–H groups in total. The molecule has 3 aliphatic rings. The molecular formula is C26H23I2O9S-. The lowest BCUT2D eigenvalue weighted by molar-refractivity contribution is -0.149. The van der Waals surface area contributed by atoms with Gasteiger partial charge < -0.3 is 18.8 Å². The van der Waals surface area contributed by atoms with Crippen molar-refractivity contribution in [3.05, 3.63) is 54.2 Å². The third-order valence-corrected chi connectivity index (χ3v) is 10.3. The van der Waals surface area contributed by atoms with Gasteiger partial charge in [0.2, 0.25) is 0 Å². The summed E-state index contributed by atoms with van der Waals surface area (Å²) in [6, 6.07) is 8.02. The summed E-state index contributed by atoms with van der Waals surface area (Å²) in [6.45, 7) is 4.99. The van der Waals surface area contributed by atoms with Gasteiger partial charge in [-0.25, -0.2) is 13.2 Å². The lowest BCUT2D eigenvalue weighted by Gasteiger charge is -2.30. The van der Waals surface area contributed by atoms with Gasteiger partial charge in [0.05, 0.1) is 22.3 Å². The number of aryl methyl sites for hydroxylation is 1. The van der Waals surface area contributed by atoms with E-state index in [2.05, 4.69) is 45.2 Å². The van der Waals surface area contributed by atoms with E-state index in [-0.39, 0.29) is 28.0 Å². The molecule has 2 aromatic carbocycles. The topological polar surface area (TPSA) is 136 Å². The van der Waals surface area contributed by atoms with Crippen LogP contribution in [0, 0.1) is 37.7 Å². The Hall–Kier alpha value is -1.78. The van der Waals surface area contributed by atoms with E-state index in [1.54, 1.807) is 26.0 Å². The Balaban J connectivity index is 1.43. The van der Waals surface area contributed by atoms with Crippen LogP contribution in [0.4, 0.5) is 0 Å². The number of fused-ring (bicyclic) bond motifs is 1. The average Bonchev–Trinajstić information content (AvgIpc) is 3.43. The number of benzene rings is 2. The van der Waals surface area contributed by atoms with E-state index in [0.29, 0.717) is 17.5 Å². The van der Waals surface area contributed by atoms with Gasteiger partial charge in [-0.2, -0.15) is 0 Å². The SMILES string of the molecule is Cc1cc(S(=O)(=O)[O-])c(C(C)C)cc1OC(=O)C1C2CC3C(OC(=O)C31)C2OC(=O)c1c(I)cccc1I. The van der Waals surface area contributed by atoms with Crippen LogP contribution in [0.5, 0.6) is 5.75 Å². The molecule has 1 saturated heterocycles. The number of ether oxygens (including phenoxy) is 3. The molecule has 12 heteroatoms. The van der Waals surface area contributed by atoms with Crippen LogP contribution in [0.3, 0.4) is 0 Å². The first-order valence-corrected chi connectivity index (χ1v) is 15.5. The monoisotopic (exact) mass is 765 g/mol. The fraction of sp³-hybridized carbons (Fsp3) is 0.423. The molecule has 1 heterocycles. The summed E-state index contributed by atoms with van der Waals surface area (Å²) in [6.07, 6.45) is -0.925. The lowest BCUT2D eigenvalue weighted by atomic mass is 9.78. The van der Waals surface area contributed by atoms with Gasteiger partial charge in [0.25, 0.3) is 0 Å². The minimum atomic E-state index is -4.73. The van der Waals surface area contributed by atoms with Crippen LogP contribution in [0.1, 0.15) is 47.7 Å². The minimum Gasteiger partial charge on any atom is -0.744 e. The highest BCUT2D eigenvalue weighted by molar-refractivity contribution is 14.1. The largest absolute Gasteiger partial charge is 0.744 e. The lowest BCUT2D eigenvalue weighted by Crippen LogP contribution is -2.44. The van der Waals surface area contributed by atoms with Gasteiger partial charge in [0.15, 0.2) is 0 Å². The van der Waals surface area contributed by atoms with Crippen molar-refractivity contribution in [3.63, 3.8) is 0 Å². The van der Waals surface area contributed by atoms with Gasteiger partial charge in [0.1, 0.15) is 28.1 Å². The van der Waals surface area contributed by atoms with E-state index in [1.165, 1.54) is 19.1 Å². The van der Waals surface area contributed by atoms with Crippen molar-refractivity contribution < 1.29 is 41.6 Å². The molecule has 6 atom stereocenters. The van der Waals surface area contributed by atoms with E-state index in [0.717, 1.165) is 7.14 Å². The molecule has 6 unspecified atom stereocenters. The second-order valence-electron chi connectivity index (χ2n) is 10.2. The van der Waals surface area contributed by atoms with E-state index in [1.807, 2.05) is 6.07 Å². The summed E-state index contributed by atoms with van der Waals surface area (Å²) < 4.78 is 54.0. The first-order chi connectivity index (χ1) is 17.8. The maximum atomic E-state index is 13.5. The molecule has 2 bridgehead atoms. The third-order valence-electron chi connectivity index (χ3n) is 7.64. The molecular weight excluding hydrogens is 742 g/mol.